The number of nitrogens with zero attached hydrogens (tertiary/aromatic N) is 2. The largest absolute Gasteiger partial charge is 0.444 e. The summed E-state index contributed by atoms with van der Waals surface area (Å²) in [7, 11) is 0. The van der Waals surface area contributed by atoms with Crippen LogP contribution in [0.2, 0.25) is 0 Å². The Balaban J connectivity index is 2.16. The summed E-state index contributed by atoms with van der Waals surface area (Å²) in [6, 6.07) is 9.35. The second-order valence-electron chi connectivity index (χ2n) is 5.99. The van der Waals surface area contributed by atoms with Crippen LogP contribution in [0.15, 0.2) is 30.3 Å². The molecule has 2 rings (SSSR count). The molecule has 1 aromatic carbocycles. The van der Waals surface area contributed by atoms with Gasteiger partial charge in [0.15, 0.2) is 0 Å². The molecule has 0 saturated carbocycles. The molecular weight excluding hydrogens is 511 g/mol. The Morgan fingerprint density at radius 3 is 2.21 bits per heavy atom. The number of para-hydroxylation sites is 1. The Morgan fingerprint density at radius 1 is 1.03 bits per heavy atom. The average molecular weight is 528 g/mol. The number of nitrogens with one attached hydrogen (secondary N) is 1. The molecule has 1 heterocycles. The van der Waals surface area contributed by atoms with Gasteiger partial charge in [0.05, 0.1) is 0 Å². The van der Waals surface area contributed by atoms with Crippen LogP contribution in [0.25, 0.3) is 0 Å². The summed E-state index contributed by atoms with van der Waals surface area (Å²) < 4.78 is 6.25. The zero-order valence-corrected chi connectivity index (χ0v) is 19.3. The molecule has 1 N–H and O–H groups in total. The molecule has 0 spiro atoms. The van der Waals surface area contributed by atoms with Gasteiger partial charge >= 0.3 is 12.2 Å². The van der Waals surface area contributed by atoms with Gasteiger partial charge in [0, 0.05) is 12.2 Å². The van der Waals surface area contributed by atoms with Gasteiger partial charge in [-0.05, 0) is 25.0 Å². The summed E-state index contributed by atoms with van der Waals surface area (Å²) in [5.74, 6) is 0. The van der Waals surface area contributed by atoms with Gasteiger partial charge in [0.2, 0.25) is 7.59 Å². The first-order valence-corrected chi connectivity index (χ1v) is 10.6. The fraction of sp³-hybridized carbons (Fsp3) is 0.500. The summed E-state index contributed by atoms with van der Waals surface area (Å²) in [6.07, 6.45) is -1.21. The number of carbonyl (C=O) groups excluding carboxylic acids is 2. The van der Waals surface area contributed by atoms with E-state index in [9.17, 15) is 9.59 Å². The first-order valence-electron chi connectivity index (χ1n) is 8.31. The van der Waals surface area contributed by atoms with E-state index in [0.29, 0.717) is 13.0 Å². The molecule has 0 radical (unpaired) electrons. The summed E-state index contributed by atoms with van der Waals surface area (Å²) in [5, 5.41) is 0.969. The Labute approximate surface area is 197 Å². The monoisotopic (exact) mass is 525 g/mol. The molecule has 1 aromatic rings. The lowest BCUT2D eigenvalue weighted by atomic mass is 10.3. The topological polar surface area (TPSA) is 71.1 Å². The Kier molecular flexibility index (Phi) is 8.94. The van der Waals surface area contributed by atoms with E-state index in [2.05, 4.69) is 5.43 Å². The summed E-state index contributed by atoms with van der Waals surface area (Å²) in [4.78, 5) is 26.7. The quantitative estimate of drug-likeness (QED) is 0.417. The van der Waals surface area contributed by atoms with E-state index in [1.165, 1.54) is 0 Å². The molecule has 13 heteroatoms. The average Bonchev–Trinajstić information content (AvgIpc) is 3.11. The Hall–Kier alpha value is -0.700. The molecular formula is C16H17Cl6N3O4. The highest BCUT2D eigenvalue weighted by atomic mass is 35.6. The maximum absolute atomic E-state index is 12.6. The predicted octanol–water partition coefficient (Wildman–Crippen LogP) is 5.43. The number of carbonyl (C=O) groups is 2. The van der Waals surface area contributed by atoms with Crippen molar-refractivity contribution in [3.8, 4) is 0 Å². The van der Waals surface area contributed by atoms with Crippen LogP contribution in [0.3, 0.4) is 0 Å². The van der Waals surface area contributed by atoms with Crippen molar-refractivity contribution in [2.45, 2.75) is 26.6 Å². The minimum Gasteiger partial charge on any atom is -0.444 e. The number of rotatable bonds is 4. The number of hydrogen-bond donors (Lipinski definition) is 1. The van der Waals surface area contributed by atoms with Crippen LogP contribution < -0.4 is 10.3 Å². The lowest BCUT2D eigenvalue weighted by Gasteiger charge is -2.35. The van der Waals surface area contributed by atoms with Gasteiger partial charge in [-0.3, -0.25) is 0 Å². The minimum absolute atomic E-state index is 0.518. The van der Waals surface area contributed by atoms with Crippen LogP contribution in [-0.2, 0) is 9.47 Å². The molecule has 29 heavy (non-hydrogen) atoms. The highest BCUT2D eigenvalue weighted by molar-refractivity contribution is 6.68. The fourth-order valence-electron chi connectivity index (χ4n) is 2.67. The third-order valence-electron chi connectivity index (χ3n) is 3.74. The zero-order chi connectivity index (χ0) is 21.7. The summed E-state index contributed by atoms with van der Waals surface area (Å²) in [5.41, 5.74) is 3.17. The van der Waals surface area contributed by atoms with E-state index in [1.807, 2.05) is 35.2 Å². The highest BCUT2D eigenvalue weighted by Gasteiger charge is 2.37. The lowest BCUT2D eigenvalue weighted by Crippen LogP contribution is -2.57. The second-order valence-corrected chi connectivity index (χ2v) is 11.0. The summed E-state index contributed by atoms with van der Waals surface area (Å²) in [6.45, 7) is -0.392. The van der Waals surface area contributed by atoms with Crippen LogP contribution in [-0.4, -0.2) is 50.7 Å². The van der Waals surface area contributed by atoms with Crippen molar-refractivity contribution in [2.24, 2.45) is 0 Å². The normalized spacial score (nSPS) is 17.0. The first-order chi connectivity index (χ1) is 13.5. The molecule has 0 aromatic heterocycles. The van der Waals surface area contributed by atoms with E-state index in [-0.39, 0.29) is 0 Å². The molecule has 1 fully saturated rings. The number of alkyl halides is 6. The van der Waals surface area contributed by atoms with Crippen molar-refractivity contribution in [2.75, 3.05) is 24.7 Å². The molecule has 7 nitrogen and oxygen atoms in total. The molecule has 1 atom stereocenters. The number of hydrazine groups is 1. The van der Waals surface area contributed by atoms with Crippen LogP contribution in [0.4, 0.5) is 15.3 Å². The van der Waals surface area contributed by atoms with E-state index in [1.54, 1.807) is 0 Å². The third-order valence-corrected chi connectivity index (χ3v) is 4.40. The third kappa shape index (κ3) is 8.52. The number of benzene rings is 1. The van der Waals surface area contributed by atoms with Gasteiger partial charge in [-0.2, -0.15) is 5.01 Å². The van der Waals surface area contributed by atoms with Gasteiger partial charge in [-0.25, -0.2) is 15.0 Å². The van der Waals surface area contributed by atoms with Crippen molar-refractivity contribution < 1.29 is 19.1 Å². The van der Waals surface area contributed by atoms with Gasteiger partial charge in [0.1, 0.15) is 19.4 Å². The van der Waals surface area contributed by atoms with E-state index < -0.39 is 39.2 Å². The number of hydrogen-bond acceptors (Lipinski definition) is 5. The smallest absolute Gasteiger partial charge is 0.430 e. The van der Waals surface area contributed by atoms with Gasteiger partial charge in [0.25, 0.3) is 0 Å². The predicted molar refractivity (Wildman–Crippen MR) is 115 cm³/mol. The molecule has 1 saturated heterocycles. The van der Waals surface area contributed by atoms with Crippen LogP contribution >= 0.6 is 69.6 Å². The van der Waals surface area contributed by atoms with E-state index in [4.69, 9.17) is 79.1 Å². The maximum atomic E-state index is 12.6. The fourth-order valence-corrected chi connectivity index (χ4v) is 3.00. The Bertz CT molecular complexity index is 698. The van der Waals surface area contributed by atoms with Gasteiger partial charge in [-0.15, -0.1) is 0 Å². The van der Waals surface area contributed by atoms with Crippen LogP contribution in [0.1, 0.15) is 12.8 Å². The molecule has 2 amide bonds. The van der Waals surface area contributed by atoms with Gasteiger partial charge < -0.3 is 14.4 Å². The molecule has 0 aliphatic carbocycles. The number of halogens is 6. The molecule has 0 bridgehead atoms. The molecule has 1 aliphatic rings. The summed E-state index contributed by atoms with van der Waals surface area (Å²) >= 11 is 33.6. The second kappa shape index (κ2) is 10.6. The van der Waals surface area contributed by atoms with Crippen molar-refractivity contribution in [1.82, 2.24) is 10.4 Å². The lowest BCUT2D eigenvalue weighted by molar-refractivity contribution is 0.0544. The molecule has 1 aliphatic heterocycles. The van der Waals surface area contributed by atoms with Crippen molar-refractivity contribution in [3.63, 3.8) is 0 Å². The van der Waals surface area contributed by atoms with Crippen LogP contribution in [0, 0.1) is 0 Å². The maximum Gasteiger partial charge on any atom is 0.430 e. The first kappa shape index (κ1) is 24.6. The van der Waals surface area contributed by atoms with Gasteiger partial charge in [-0.1, -0.05) is 87.8 Å². The number of ether oxygens (including phenoxy) is 2. The minimum atomic E-state index is -1.81. The number of anilines is 1. The molecule has 1 unspecified atom stereocenters. The SMILES string of the molecule is O=C(NN(C(=O)OCC(Cl)(Cl)Cl)C1CCCN1c1ccccc1)OCC(Cl)(Cl)Cl. The standard InChI is InChI=1S/C16H17Cl6N3O4/c17-15(18,19)9-28-13(26)23-25(14(27)29-10-16(20,21)22)12-7-4-8-24(12)11-5-2-1-3-6-11/h1-3,5-6,12H,4,7-10H2,(H,23,26). The van der Waals surface area contributed by atoms with Crippen molar-refractivity contribution >= 4 is 87.5 Å². The zero-order valence-electron chi connectivity index (χ0n) is 14.8. The van der Waals surface area contributed by atoms with Crippen LogP contribution in [0.5, 0.6) is 0 Å². The Morgan fingerprint density at radius 2 is 1.62 bits per heavy atom. The van der Waals surface area contributed by atoms with E-state index >= 15 is 0 Å². The number of amides is 2. The molecule has 162 valence electrons. The van der Waals surface area contributed by atoms with Crippen molar-refractivity contribution in [3.05, 3.63) is 30.3 Å². The van der Waals surface area contributed by atoms with Crippen molar-refractivity contribution in [1.29, 1.82) is 0 Å². The van der Waals surface area contributed by atoms with E-state index in [0.717, 1.165) is 17.1 Å². The highest BCUT2D eigenvalue weighted by Crippen LogP contribution is 2.29.